The number of furan rings is 1. The van der Waals surface area contributed by atoms with Crippen LogP contribution in [-0.2, 0) is 7.05 Å². The lowest BCUT2D eigenvalue weighted by molar-refractivity contribution is -0.659. The molecule has 0 spiro atoms. The Morgan fingerprint density at radius 1 is 1.00 bits per heavy atom. The minimum Gasteiger partial charge on any atom is -0.464 e. The van der Waals surface area contributed by atoms with Gasteiger partial charge in [0.05, 0.1) is 17.2 Å². The number of aryl methyl sites for hydroxylation is 2. The maximum absolute atomic E-state index is 6.59. The van der Waals surface area contributed by atoms with Gasteiger partial charge < -0.3 is 9.15 Å². The van der Waals surface area contributed by atoms with E-state index in [4.69, 9.17) is 9.15 Å². The molecular weight excluding hydrogens is 358 g/mol. The van der Waals surface area contributed by atoms with Crippen molar-refractivity contribution in [2.75, 3.05) is 0 Å². The average molecular weight is 382 g/mol. The first-order valence-electron chi connectivity index (χ1n) is 10.8. The molecule has 2 aromatic carbocycles. The number of pyridine rings is 1. The van der Waals surface area contributed by atoms with Gasteiger partial charge in [-0.25, -0.2) is 4.57 Å². The summed E-state index contributed by atoms with van der Waals surface area (Å²) in [6.45, 7) is 2.14. The number of benzene rings is 2. The van der Waals surface area contributed by atoms with Crippen LogP contribution in [0, 0.1) is 18.8 Å². The lowest BCUT2D eigenvalue weighted by Gasteiger charge is -2.25. The summed E-state index contributed by atoms with van der Waals surface area (Å²) < 4.78 is 14.6. The Kier molecular flexibility index (Phi) is 2.99. The van der Waals surface area contributed by atoms with Crippen molar-refractivity contribution >= 4 is 21.7 Å². The number of hydrogen-bond acceptors (Lipinski definition) is 2. The fourth-order valence-corrected chi connectivity index (χ4v) is 6.48. The summed E-state index contributed by atoms with van der Waals surface area (Å²) in [6.07, 6.45) is 9.57. The molecule has 3 aliphatic rings. The Bertz CT molecular complexity index is 1330. The van der Waals surface area contributed by atoms with Crippen LogP contribution in [0.1, 0.15) is 42.7 Å². The van der Waals surface area contributed by atoms with Crippen LogP contribution in [0.5, 0.6) is 11.5 Å². The Morgan fingerprint density at radius 3 is 2.76 bits per heavy atom. The van der Waals surface area contributed by atoms with Crippen molar-refractivity contribution < 1.29 is 13.7 Å². The zero-order valence-electron chi connectivity index (χ0n) is 16.9. The van der Waals surface area contributed by atoms with Gasteiger partial charge in [-0.3, -0.25) is 0 Å². The molecule has 144 valence electrons. The topological polar surface area (TPSA) is 26.2 Å². The van der Waals surface area contributed by atoms with Gasteiger partial charge in [-0.2, -0.15) is 0 Å². The minimum atomic E-state index is 0.704. The highest BCUT2D eigenvalue weighted by molar-refractivity contribution is 6.04. The van der Waals surface area contributed by atoms with Gasteiger partial charge in [0.15, 0.2) is 6.20 Å². The second-order valence-electron chi connectivity index (χ2n) is 9.36. The zero-order valence-corrected chi connectivity index (χ0v) is 16.9. The summed E-state index contributed by atoms with van der Waals surface area (Å²) in [6, 6.07) is 11.2. The van der Waals surface area contributed by atoms with Crippen molar-refractivity contribution in [2.24, 2.45) is 18.9 Å². The number of hydrogen-bond donors (Lipinski definition) is 0. The van der Waals surface area contributed by atoms with Gasteiger partial charge in [-0.05, 0) is 73.1 Å². The molecule has 2 aromatic heterocycles. The van der Waals surface area contributed by atoms with Gasteiger partial charge in [0, 0.05) is 17.0 Å². The Hall–Kier alpha value is -2.81. The van der Waals surface area contributed by atoms with Crippen molar-refractivity contribution in [1.82, 2.24) is 0 Å². The molecule has 3 unspecified atom stereocenters. The number of nitrogens with zero attached hydrogens (tertiary/aromatic N) is 1. The molecule has 3 heteroatoms. The highest BCUT2D eigenvalue weighted by Crippen LogP contribution is 2.55. The van der Waals surface area contributed by atoms with Crippen LogP contribution in [0.4, 0.5) is 0 Å². The summed E-state index contributed by atoms with van der Waals surface area (Å²) in [4.78, 5) is 0. The molecular formula is C26H24NO2+. The first kappa shape index (κ1) is 16.0. The molecule has 1 aliphatic heterocycles. The third kappa shape index (κ3) is 2.06. The largest absolute Gasteiger partial charge is 0.464 e. The smallest absolute Gasteiger partial charge is 0.228 e. The Labute approximate surface area is 169 Å². The van der Waals surface area contributed by atoms with Gasteiger partial charge in [0.1, 0.15) is 24.1 Å². The Morgan fingerprint density at radius 2 is 1.93 bits per heavy atom. The lowest BCUT2D eigenvalue weighted by Crippen LogP contribution is -2.31. The summed E-state index contributed by atoms with van der Waals surface area (Å²) in [7, 11) is 2.13. The van der Waals surface area contributed by atoms with Crippen LogP contribution in [0.2, 0.25) is 0 Å². The Balaban J connectivity index is 1.51. The minimum absolute atomic E-state index is 0.704. The van der Waals surface area contributed by atoms with Crippen molar-refractivity contribution in [2.45, 2.75) is 38.5 Å². The number of fused-ring (bicyclic) bond motifs is 5. The molecule has 3 nitrogen and oxygen atoms in total. The lowest BCUT2D eigenvalue weighted by atomic mass is 9.82. The van der Waals surface area contributed by atoms with Gasteiger partial charge in [-0.15, -0.1) is 0 Å². The molecule has 0 N–H and O–H groups in total. The van der Waals surface area contributed by atoms with E-state index in [1.165, 1.54) is 47.7 Å². The maximum Gasteiger partial charge on any atom is 0.228 e. The maximum atomic E-state index is 6.59. The zero-order chi connectivity index (χ0) is 19.3. The summed E-state index contributed by atoms with van der Waals surface area (Å²) in [5, 5.41) is 3.62. The predicted molar refractivity (Wildman–Crippen MR) is 113 cm³/mol. The molecule has 29 heavy (non-hydrogen) atoms. The van der Waals surface area contributed by atoms with E-state index in [2.05, 4.69) is 49.0 Å². The molecule has 7 rings (SSSR count). The van der Waals surface area contributed by atoms with Crippen LogP contribution in [0.25, 0.3) is 33.0 Å². The highest BCUT2D eigenvalue weighted by Gasteiger charge is 2.41. The molecule has 4 aromatic rings. The fourth-order valence-electron chi connectivity index (χ4n) is 6.48. The molecule has 2 bridgehead atoms. The van der Waals surface area contributed by atoms with Gasteiger partial charge in [-0.1, -0.05) is 12.5 Å². The van der Waals surface area contributed by atoms with Crippen LogP contribution in [-0.4, -0.2) is 0 Å². The van der Waals surface area contributed by atoms with Crippen LogP contribution in [0.3, 0.4) is 0 Å². The van der Waals surface area contributed by atoms with Crippen molar-refractivity contribution in [1.29, 1.82) is 0 Å². The van der Waals surface area contributed by atoms with E-state index < -0.39 is 0 Å². The van der Waals surface area contributed by atoms with E-state index in [9.17, 15) is 0 Å². The first-order valence-corrected chi connectivity index (χ1v) is 10.8. The summed E-state index contributed by atoms with van der Waals surface area (Å²) in [5.41, 5.74) is 5.96. The van der Waals surface area contributed by atoms with Crippen LogP contribution in [0.15, 0.2) is 47.2 Å². The average Bonchev–Trinajstić information content (AvgIpc) is 3.46. The molecule has 2 aliphatic carbocycles. The summed E-state index contributed by atoms with van der Waals surface area (Å²) >= 11 is 0. The van der Waals surface area contributed by atoms with Crippen molar-refractivity contribution in [3.63, 3.8) is 0 Å². The van der Waals surface area contributed by atoms with Crippen LogP contribution < -0.4 is 9.30 Å². The van der Waals surface area contributed by atoms with E-state index in [-0.39, 0.29) is 0 Å². The van der Waals surface area contributed by atoms with Crippen LogP contribution >= 0.6 is 0 Å². The number of aromatic nitrogens is 1. The van der Waals surface area contributed by atoms with Crippen molar-refractivity contribution in [3.8, 4) is 22.8 Å². The fraction of sp³-hybridized carbons (Fsp3) is 0.346. The molecule has 0 amide bonds. The van der Waals surface area contributed by atoms with E-state index in [0.717, 1.165) is 45.4 Å². The third-order valence-corrected chi connectivity index (χ3v) is 7.79. The predicted octanol–water partition coefficient (Wildman–Crippen LogP) is 6.40. The molecule has 3 atom stereocenters. The third-order valence-electron chi connectivity index (χ3n) is 7.79. The standard InChI is InChI=1S/C26H24NO2/c1-14-23-21(12-18-6-8-28-26(14)18)29-22-13-19(20-10-15-3-4-16(20)9-15)11-17-5-7-27(2)25(23)24(17)22/h5-8,11-13,15-16,20H,3-4,9-10H2,1-2H3/q+1. The molecule has 2 fully saturated rings. The van der Waals surface area contributed by atoms with Gasteiger partial charge in [0.25, 0.3) is 0 Å². The SMILES string of the molecule is Cc1c2c(cc3ccoc13)Oc1cc(C3CC4CCC3C4)cc3cc[n+](C)c-2c13. The molecule has 0 saturated heterocycles. The number of ether oxygens (including phenoxy) is 1. The van der Waals surface area contributed by atoms with E-state index >= 15 is 0 Å². The molecule has 3 heterocycles. The van der Waals surface area contributed by atoms with Gasteiger partial charge in [0.2, 0.25) is 5.69 Å². The quantitative estimate of drug-likeness (QED) is 0.314. The van der Waals surface area contributed by atoms with Gasteiger partial charge >= 0.3 is 0 Å². The second-order valence-corrected chi connectivity index (χ2v) is 9.36. The normalized spacial score (nSPS) is 24.3. The molecule has 0 radical (unpaired) electrons. The highest BCUT2D eigenvalue weighted by atomic mass is 16.5. The number of rotatable bonds is 1. The van der Waals surface area contributed by atoms with E-state index in [1.54, 1.807) is 6.26 Å². The van der Waals surface area contributed by atoms with Crippen molar-refractivity contribution in [3.05, 3.63) is 53.9 Å². The second kappa shape index (κ2) is 5.41. The van der Waals surface area contributed by atoms with E-state index in [0.29, 0.717) is 5.92 Å². The summed E-state index contributed by atoms with van der Waals surface area (Å²) in [5.74, 6) is 4.47. The van der Waals surface area contributed by atoms with E-state index in [1.807, 2.05) is 6.07 Å². The molecule has 2 saturated carbocycles. The monoisotopic (exact) mass is 382 g/mol. The first-order chi connectivity index (χ1) is 14.2.